The van der Waals surface area contributed by atoms with Gasteiger partial charge in [0.25, 0.3) is 0 Å². The summed E-state index contributed by atoms with van der Waals surface area (Å²) in [5.74, 6) is 0.819. The highest BCUT2D eigenvalue weighted by molar-refractivity contribution is 5.55. The van der Waals surface area contributed by atoms with Crippen molar-refractivity contribution in [2.45, 2.75) is 33.2 Å². The number of anilines is 1. The number of hydrogen-bond acceptors (Lipinski definition) is 3. The molecule has 1 heterocycles. The number of rotatable bonds is 3. The molecule has 14 heavy (non-hydrogen) atoms. The Morgan fingerprint density at radius 1 is 1.64 bits per heavy atom. The second kappa shape index (κ2) is 4.14. The van der Waals surface area contributed by atoms with Crippen molar-refractivity contribution in [3.8, 4) is 6.07 Å². The minimum absolute atomic E-state index is 0.358. The molecule has 0 radical (unpaired) electrons. The van der Waals surface area contributed by atoms with E-state index >= 15 is 0 Å². The number of nitriles is 1. The highest BCUT2D eigenvalue weighted by Crippen LogP contribution is 2.18. The van der Waals surface area contributed by atoms with Crippen LogP contribution < -0.4 is 5.32 Å². The number of aryl methyl sites for hydroxylation is 2. The van der Waals surface area contributed by atoms with E-state index in [1.54, 1.807) is 4.68 Å². The molecule has 0 saturated heterocycles. The van der Waals surface area contributed by atoms with Crippen molar-refractivity contribution in [2.75, 3.05) is 5.32 Å². The van der Waals surface area contributed by atoms with Crippen molar-refractivity contribution in [1.29, 1.82) is 5.26 Å². The fourth-order valence-corrected chi connectivity index (χ4v) is 1.29. The van der Waals surface area contributed by atoms with Crippen LogP contribution in [0.25, 0.3) is 0 Å². The molecule has 1 atom stereocenters. The molecule has 0 spiro atoms. The maximum absolute atomic E-state index is 8.95. The molecule has 0 aromatic carbocycles. The molecule has 0 bridgehead atoms. The number of aromatic nitrogens is 2. The lowest BCUT2D eigenvalue weighted by Crippen LogP contribution is -2.16. The molecule has 0 amide bonds. The molecule has 1 unspecified atom stereocenters. The monoisotopic (exact) mass is 192 g/mol. The van der Waals surface area contributed by atoms with Gasteiger partial charge in [-0.2, -0.15) is 10.4 Å². The molecule has 1 aromatic rings. The smallest absolute Gasteiger partial charge is 0.142 e. The van der Waals surface area contributed by atoms with E-state index in [1.165, 1.54) is 0 Å². The third kappa shape index (κ3) is 1.87. The van der Waals surface area contributed by atoms with Gasteiger partial charge in [-0.15, -0.1) is 0 Å². The fraction of sp³-hybridized carbons (Fsp3) is 0.600. The van der Waals surface area contributed by atoms with Gasteiger partial charge in [-0.1, -0.05) is 6.92 Å². The van der Waals surface area contributed by atoms with E-state index in [4.69, 9.17) is 5.26 Å². The topological polar surface area (TPSA) is 53.6 Å². The highest BCUT2D eigenvalue weighted by atomic mass is 15.3. The van der Waals surface area contributed by atoms with Crippen molar-refractivity contribution < 1.29 is 0 Å². The van der Waals surface area contributed by atoms with Gasteiger partial charge in [-0.3, -0.25) is 4.68 Å². The Morgan fingerprint density at radius 3 is 2.79 bits per heavy atom. The van der Waals surface area contributed by atoms with Crippen molar-refractivity contribution in [3.05, 3.63) is 11.3 Å². The molecular weight excluding hydrogens is 176 g/mol. The van der Waals surface area contributed by atoms with Crippen LogP contribution in [0.2, 0.25) is 0 Å². The first kappa shape index (κ1) is 10.6. The summed E-state index contributed by atoms with van der Waals surface area (Å²) in [4.78, 5) is 0. The standard InChI is InChI=1S/C10H16N4/c1-5-7(2)12-10-9(6-11)8(3)13-14(10)4/h7,12H,5H2,1-4H3. The summed E-state index contributed by atoms with van der Waals surface area (Å²) in [6.07, 6.45) is 1.02. The van der Waals surface area contributed by atoms with Gasteiger partial charge in [0, 0.05) is 13.1 Å². The molecule has 1 N–H and O–H groups in total. The van der Waals surface area contributed by atoms with Gasteiger partial charge in [0.15, 0.2) is 0 Å². The second-order valence-corrected chi connectivity index (χ2v) is 3.50. The average molecular weight is 192 g/mol. The lowest BCUT2D eigenvalue weighted by atomic mass is 10.2. The predicted octanol–water partition coefficient (Wildman–Crippen LogP) is 1.81. The summed E-state index contributed by atoms with van der Waals surface area (Å²) in [7, 11) is 1.85. The third-order valence-corrected chi connectivity index (χ3v) is 2.33. The third-order valence-electron chi connectivity index (χ3n) is 2.33. The lowest BCUT2D eigenvalue weighted by molar-refractivity contribution is 0.714. The molecule has 0 saturated carbocycles. The molecule has 76 valence electrons. The average Bonchev–Trinajstić information content (AvgIpc) is 2.41. The quantitative estimate of drug-likeness (QED) is 0.794. The lowest BCUT2D eigenvalue weighted by Gasteiger charge is -2.12. The summed E-state index contributed by atoms with van der Waals surface area (Å²) >= 11 is 0. The predicted molar refractivity (Wildman–Crippen MR) is 56.0 cm³/mol. The first-order chi connectivity index (χ1) is 6.60. The van der Waals surface area contributed by atoms with Gasteiger partial charge >= 0.3 is 0 Å². The van der Waals surface area contributed by atoms with Crippen LogP contribution in [0.3, 0.4) is 0 Å². The molecule has 0 aliphatic heterocycles. The zero-order valence-electron chi connectivity index (χ0n) is 9.13. The summed E-state index contributed by atoms with van der Waals surface area (Å²) in [6.45, 7) is 6.04. The van der Waals surface area contributed by atoms with Crippen molar-refractivity contribution in [1.82, 2.24) is 9.78 Å². The highest BCUT2D eigenvalue weighted by Gasteiger charge is 2.13. The van der Waals surface area contributed by atoms with Crippen molar-refractivity contribution in [3.63, 3.8) is 0 Å². The molecule has 4 nitrogen and oxygen atoms in total. The Hall–Kier alpha value is -1.50. The van der Waals surface area contributed by atoms with E-state index in [1.807, 2.05) is 14.0 Å². The van der Waals surface area contributed by atoms with Crippen LogP contribution in [0, 0.1) is 18.3 Å². The first-order valence-corrected chi connectivity index (χ1v) is 4.80. The van der Waals surface area contributed by atoms with Crippen LogP contribution in [-0.2, 0) is 7.05 Å². The Labute approximate surface area is 84.5 Å². The van der Waals surface area contributed by atoms with Gasteiger partial charge in [0.1, 0.15) is 17.5 Å². The summed E-state index contributed by atoms with van der Waals surface area (Å²) in [5, 5.41) is 16.4. The van der Waals surface area contributed by atoms with E-state index in [0.717, 1.165) is 17.9 Å². The Balaban J connectivity index is 3.02. The SMILES string of the molecule is CCC(C)Nc1c(C#N)c(C)nn1C. The van der Waals surface area contributed by atoms with Gasteiger partial charge in [-0.05, 0) is 20.3 Å². The maximum atomic E-state index is 8.95. The van der Waals surface area contributed by atoms with Gasteiger partial charge in [-0.25, -0.2) is 0 Å². The number of nitrogens with zero attached hydrogens (tertiary/aromatic N) is 3. The zero-order valence-corrected chi connectivity index (χ0v) is 9.13. The van der Waals surface area contributed by atoms with Gasteiger partial charge in [0.2, 0.25) is 0 Å². The molecule has 1 rings (SSSR count). The Kier molecular flexibility index (Phi) is 3.13. The summed E-state index contributed by atoms with van der Waals surface area (Å²) in [5.41, 5.74) is 1.42. The van der Waals surface area contributed by atoms with E-state index in [9.17, 15) is 0 Å². The minimum Gasteiger partial charge on any atom is -0.367 e. The van der Waals surface area contributed by atoms with Gasteiger partial charge in [0.05, 0.1) is 5.69 Å². The second-order valence-electron chi connectivity index (χ2n) is 3.50. The van der Waals surface area contributed by atoms with E-state index < -0.39 is 0 Å². The zero-order chi connectivity index (χ0) is 10.7. The number of nitrogens with one attached hydrogen (secondary N) is 1. The van der Waals surface area contributed by atoms with Crippen LogP contribution in [0.1, 0.15) is 31.5 Å². The molecule has 4 heteroatoms. The van der Waals surface area contributed by atoms with Crippen LogP contribution in [0.5, 0.6) is 0 Å². The number of hydrogen-bond donors (Lipinski definition) is 1. The van der Waals surface area contributed by atoms with E-state index in [2.05, 4.69) is 30.3 Å². The molecule has 0 aliphatic rings. The summed E-state index contributed by atoms with van der Waals surface area (Å²) < 4.78 is 1.72. The molecular formula is C10H16N4. The van der Waals surface area contributed by atoms with E-state index in [-0.39, 0.29) is 0 Å². The normalized spacial score (nSPS) is 12.2. The minimum atomic E-state index is 0.358. The molecule has 1 aromatic heterocycles. The van der Waals surface area contributed by atoms with Crippen molar-refractivity contribution >= 4 is 5.82 Å². The van der Waals surface area contributed by atoms with Crippen LogP contribution in [-0.4, -0.2) is 15.8 Å². The Bertz CT molecular complexity index is 359. The Morgan fingerprint density at radius 2 is 2.29 bits per heavy atom. The van der Waals surface area contributed by atoms with Crippen LogP contribution in [0.4, 0.5) is 5.82 Å². The van der Waals surface area contributed by atoms with E-state index in [0.29, 0.717) is 11.6 Å². The largest absolute Gasteiger partial charge is 0.367 e. The fourth-order valence-electron chi connectivity index (χ4n) is 1.29. The first-order valence-electron chi connectivity index (χ1n) is 4.80. The van der Waals surface area contributed by atoms with Crippen molar-refractivity contribution in [2.24, 2.45) is 7.05 Å². The maximum Gasteiger partial charge on any atom is 0.142 e. The molecule has 0 aliphatic carbocycles. The molecule has 0 fully saturated rings. The summed E-state index contributed by atoms with van der Waals surface area (Å²) in [6, 6.07) is 2.53. The van der Waals surface area contributed by atoms with Crippen LogP contribution >= 0.6 is 0 Å². The van der Waals surface area contributed by atoms with Gasteiger partial charge < -0.3 is 5.32 Å². The van der Waals surface area contributed by atoms with Crippen LogP contribution in [0.15, 0.2) is 0 Å².